The van der Waals surface area contributed by atoms with Crippen molar-refractivity contribution >= 4 is 0 Å². The van der Waals surface area contributed by atoms with Gasteiger partial charge in [-0.05, 0) is 36.4 Å². The van der Waals surface area contributed by atoms with Gasteiger partial charge < -0.3 is 4.52 Å². The fraction of sp³-hybridized carbons (Fsp3) is 0. The van der Waals surface area contributed by atoms with Crippen molar-refractivity contribution in [2.75, 3.05) is 0 Å². The largest absolute Gasteiger partial charge is 0.333 e. The van der Waals surface area contributed by atoms with E-state index in [1.54, 1.807) is 29.5 Å². The van der Waals surface area contributed by atoms with Gasteiger partial charge in [0.05, 0.1) is 11.3 Å². The normalized spacial score (nSPS) is 10.9. The van der Waals surface area contributed by atoms with Crippen molar-refractivity contribution in [3.8, 4) is 39.9 Å². The molecule has 8 nitrogen and oxygen atoms in total. The molecule has 4 aromatic heterocycles. The van der Waals surface area contributed by atoms with Gasteiger partial charge in [0.15, 0.2) is 5.69 Å². The van der Waals surface area contributed by atoms with Gasteiger partial charge in [-0.2, -0.15) is 4.98 Å². The van der Waals surface area contributed by atoms with E-state index in [1.165, 1.54) is 0 Å². The molecule has 0 aliphatic heterocycles. The lowest BCUT2D eigenvalue weighted by Gasteiger charge is -2.07. The summed E-state index contributed by atoms with van der Waals surface area (Å²) in [5, 5.41) is 12.8. The number of para-hydroxylation sites is 1. The number of nitrogens with zero attached hydrogens (tertiary/aromatic N) is 7. The maximum Gasteiger partial charge on any atom is 0.259 e. The van der Waals surface area contributed by atoms with Crippen molar-refractivity contribution in [2.24, 2.45) is 0 Å². The summed E-state index contributed by atoms with van der Waals surface area (Å²) in [6, 6.07) is 17.2. The second kappa shape index (κ2) is 6.84. The minimum absolute atomic E-state index is 0.354. The Morgan fingerprint density at radius 3 is 2.43 bits per heavy atom. The molecule has 0 saturated carbocycles. The minimum atomic E-state index is 0.354. The lowest BCUT2D eigenvalue weighted by atomic mass is 10.1. The average molecular weight is 367 g/mol. The van der Waals surface area contributed by atoms with Crippen LogP contribution in [0.25, 0.3) is 39.9 Å². The van der Waals surface area contributed by atoms with Crippen molar-refractivity contribution in [2.45, 2.75) is 0 Å². The van der Waals surface area contributed by atoms with Gasteiger partial charge in [-0.25, -0.2) is 4.68 Å². The van der Waals surface area contributed by atoms with E-state index in [1.807, 2.05) is 54.6 Å². The molecule has 28 heavy (non-hydrogen) atoms. The van der Waals surface area contributed by atoms with Crippen LogP contribution in [0.15, 0.2) is 83.9 Å². The zero-order chi connectivity index (χ0) is 18.8. The maximum absolute atomic E-state index is 5.42. The Morgan fingerprint density at radius 1 is 0.786 bits per heavy atom. The first-order valence-corrected chi connectivity index (χ1v) is 8.56. The number of hydrogen-bond donors (Lipinski definition) is 0. The molecule has 0 unspecified atom stereocenters. The molecule has 0 fully saturated rings. The molecule has 0 aliphatic carbocycles. The van der Waals surface area contributed by atoms with Crippen LogP contribution in [0.5, 0.6) is 0 Å². The Balaban J connectivity index is 1.67. The molecule has 5 aromatic rings. The summed E-state index contributed by atoms with van der Waals surface area (Å²) in [6.07, 6.45) is 6.80. The van der Waals surface area contributed by atoms with E-state index in [-0.39, 0.29) is 0 Å². The lowest BCUT2D eigenvalue weighted by Crippen LogP contribution is -1.99. The van der Waals surface area contributed by atoms with Crippen LogP contribution in [0, 0.1) is 0 Å². The van der Waals surface area contributed by atoms with Crippen molar-refractivity contribution in [3.63, 3.8) is 0 Å². The van der Waals surface area contributed by atoms with Crippen LogP contribution in [0.4, 0.5) is 0 Å². The van der Waals surface area contributed by atoms with Gasteiger partial charge in [0.1, 0.15) is 5.69 Å². The molecule has 0 aliphatic rings. The molecule has 5 rings (SSSR count). The molecule has 0 saturated heterocycles. The second-order valence-corrected chi connectivity index (χ2v) is 5.93. The Morgan fingerprint density at radius 2 is 1.64 bits per heavy atom. The first-order chi connectivity index (χ1) is 13.9. The van der Waals surface area contributed by atoms with Crippen molar-refractivity contribution in [1.29, 1.82) is 0 Å². The van der Waals surface area contributed by atoms with E-state index in [9.17, 15) is 0 Å². The standard InChI is InChI=1S/C20H13N7O/c1-2-6-16(7-3-1)27-18(14-8-11-21-12-9-14)17(24-26-27)19-23-20(28-25-19)15-5-4-10-22-13-15/h1-13H. The molecule has 1 aromatic carbocycles. The summed E-state index contributed by atoms with van der Waals surface area (Å²) in [5.41, 5.74) is 3.79. The highest BCUT2D eigenvalue weighted by Crippen LogP contribution is 2.31. The fourth-order valence-electron chi connectivity index (χ4n) is 2.88. The summed E-state index contributed by atoms with van der Waals surface area (Å²) in [5.74, 6) is 0.728. The Kier molecular flexibility index (Phi) is 3.91. The van der Waals surface area contributed by atoms with Crippen molar-refractivity contribution in [3.05, 3.63) is 79.4 Å². The van der Waals surface area contributed by atoms with Crippen LogP contribution in [0.2, 0.25) is 0 Å². The number of rotatable bonds is 4. The highest BCUT2D eigenvalue weighted by atomic mass is 16.5. The highest BCUT2D eigenvalue weighted by molar-refractivity contribution is 5.76. The molecule has 0 bridgehead atoms. The molecule has 0 amide bonds. The Bertz CT molecular complexity index is 1200. The first-order valence-electron chi connectivity index (χ1n) is 8.56. The van der Waals surface area contributed by atoms with Crippen LogP contribution in [-0.4, -0.2) is 35.1 Å². The Hall–Kier alpha value is -4.20. The maximum atomic E-state index is 5.42. The van der Waals surface area contributed by atoms with E-state index < -0.39 is 0 Å². The van der Waals surface area contributed by atoms with Crippen LogP contribution < -0.4 is 0 Å². The third-order valence-electron chi connectivity index (χ3n) is 4.17. The number of hydrogen-bond acceptors (Lipinski definition) is 7. The molecular formula is C20H13N7O. The molecule has 4 heterocycles. The van der Waals surface area contributed by atoms with Gasteiger partial charge in [-0.1, -0.05) is 28.6 Å². The van der Waals surface area contributed by atoms with E-state index in [4.69, 9.17) is 4.52 Å². The van der Waals surface area contributed by atoms with E-state index in [0.717, 1.165) is 22.5 Å². The van der Waals surface area contributed by atoms with E-state index in [0.29, 0.717) is 17.4 Å². The van der Waals surface area contributed by atoms with Gasteiger partial charge in [0.2, 0.25) is 5.82 Å². The monoisotopic (exact) mass is 367 g/mol. The van der Waals surface area contributed by atoms with Crippen molar-refractivity contribution < 1.29 is 4.52 Å². The predicted octanol–water partition coefficient (Wildman–Crippen LogP) is 3.44. The van der Waals surface area contributed by atoms with Crippen LogP contribution in [-0.2, 0) is 0 Å². The van der Waals surface area contributed by atoms with Crippen LogP contribution in [0.1, 0.15) is 0 Å². The molecule has 0 radical (unpaired) electrons. The summed E-state index contributed by atoms with van der Waals surface area (Å²) >= 11 is 0. The van der Waals surface area contributed by atoms with Gasteiger partial charge in [0, 0.05) is 30.4 Å². The first kappa shape index (κ1) is 16.0. The number of aromatic nitrogens is 7. The van der Waals surface area contributed by atoms with E-state index >= 15 is 0 Å². The summed E-state index contributed by atoms with van der Waals surface area (Å²) < 4.78 is 7.18. The highest BCUT2D eigenvalue weighted by Gasteiger charge is 2.22. The molecule has 0 N–H and O–H groups in total. The smallest absolute Gasteiger partial charge is 0.259 e. The topological polar surface area (TPSA) is 95.4 Å². The second-order valence-electron chi connectivity index (χ2n) is 5.93. The number of pyridine rings is 2. The average Bonchev–Trinajstić information content (AvgIpc) is 3.43. The third kappa shape index (κ3) is 2.82. The Labute approximate surface area is 159 Å². The van der Waals surface area contributed by atoms with Gasteiger partial charge in [-0.3, -0.25) is 9.97 Å². The third-order valence-corrected chi connectivity index (χ3v) is 4.17. The van der Waals surface area contributed by atoms with Gasteiger partial charge in [0.25, 0.3) is 5.89 Å². The molecule has 0 atom stereocenters. The molecule has 8 heteroatoms. The van der Waals surface area contributed by atoms with E-state index in [2.05, 4.69) is 30.4 Å². The molecule has 134 valence electrons. The summed E-state index contributed by atoms with van der Waals surface area (Å²) in [4.78, 5) is 12.7. The quantitative estimate of drug-likeness (QED) is 0.480. The zero-order valence-corrected chi connectivity index (χ0v) is 14.5. The van der Waals surface area contributed by atoms with Crippen molar-refractivity contribution in [1.82, 2.24) is 35.1 Å². The predicted molar refractivity (Wildman–Crippen MR) is 101 cm³/mol. The summed E-state index contributed by atoms with van der Waals surface area (Å²) in [7, 11) is 0. The van der Waals surface area contributed by atoms with Crippen LogP contribution >= 0.6 is 0 Å². The molecule has 0 spiro atoms. The number of benzene rings is 1. The minimum Gasteiger partial charge on any atom is -0.333 e. The molecular weight excluding hydrogens is 354 g/mol. The van der Waals surface area contributed by atoms with Gasteiger partial charge >= 0.3 is 0 Å². The fourth-order valence-corrected chi connectivity index (χ4v) is 2.88. The lowest BCUT2D eigenvalue weighted by molar-refractivity contribution is 0.432. The summed E-state index contributed by atoms with van der Waals surface area (Å²) in [6.45, 7) is 0. The zero-order valence-electron chi connectivity index (χ0n) is 14.5. The van der Waals surface area contributed by atoms with Crippen LogP contribution in [0.3, 0.4) is 0 Å². The van der Waals surface area contributed by atoms with Gasteiger partial charge in [-0.15, -0.1) is 5.10 Å². The SMILES string of the molecule is c1ccc(-n2nnc(-c3noc(-c4cccnc4)n3)c2-c2ccncc2)cc1.